The van der Waals surface area contributed by atoms with Crippen LogP contribution in [0.1, 0.15) is 17.3 Å². The van der Waals surface area contributed by atoms with Crippen LogP contribution in [-0.4, -0.2) is 39.4 Å². The van der Waals surface area contributed by atoms with Gasteiger partial charge in [-0.05, 0) is 25.1 Å². The van der Waals surface area contributed by atoms with E-state index in [4.69, 9.17) is 13.9 Å². The first-order valence-electron chi connectivity index (χ1n) is 8.21. The van der Waals surface area contributed by atoms with Gasteiger partial charge in [0, 0.05) is 29.6 Å². The molecule has 0 saturated heterocycles. The van der Waals surface area contributed by atoms with Gasteiger partial charge in [-0.1, -0.05) is 11.8 Å². The fourth-order valence-electron chi connectivity index (χ4n) is 2.53. The second-order valence-electron chi connectivity index (χ2n) is 5.75. The lowest BCUT2D eigenvalue weighted by Gasteiger charge is -2.10. The molecule has 9 nitrogen and oxygen atoms in total. The van der Waals surface area contributed by atoms with Crippen LogP contribution in [0.4, 0.5) is 5.69 Å². The van der Waals surface area contributed by atoms with Crippen LogP contribution in [-0.2, 0) is 4.79 Å². The van der Waals surface area contributed by atoms with E-state index in [-0.39, 0.29) is 29.5 Å². The number of ether oxygens (including phenoxy) is 2. The van der Waals surface area contributed by atoms with Gasteiger partial charge in [0.05, 0.1) is 11.4 Å². The molecule has 1 amide bonds. The molecule has 0 aliphatic carbocycles. The molecule has 0 atom stereocenters. The quantitative estimate of drug-likeness (QED) is 0.494. The number of nitrogens with zero attached hydrogens (tertiary/aromatic N) is 3. The zero-order valence-electron chi connectivity index (χ0n) is 14.7. The van der Waals surface area contributed by atoms with Crippen molar-refractivity contribution < 1.29 is 23.5 Å². The highest BCUT2D eigenvalue weighted by atomic mass is 32.2. The van der Waals surface area contributed by atoms with Crippen molar-refractivity contribution in [3.8, 4) is 23.0 Å². The van der Waals surface area contributed by atoms with E-state index in [1.54, 1.807) is 36.7 Å². The van der Waals surface area contributed by atoms with Crippen LogP contribution in [0.5, 0.6) is 11.5 Å². The predicted molar refractivity (Wildman–Crippen MR) is 99.5 cm³/mol. The van der Waals surface area contributed by atoms with Crippen molar-refractivity contribution in [3.63, 3.8) is 0 Å². The molecule has 10 heteroatoms. The van der Waals surface area contributed by atoms with E-state index in [9.17, 15) is 9.59 Å². The topological polar surface area (TPSA) is 116 Å². The molecule has 1 aliphatic rings. The Hall–Kier alpha value is -3.40. The number of pyridine rings is 1. The maximum atomic E-state index is 12.3. The van der Waals surface area contributed by atoms with Gasteiger partial charge in [0.25, 0.3) is 5.22 Å². The lowest BCUT2D eigenvalue weighted by atomic mass is 10.1. The van der Waals surface area contributed by atoms with Crippen LogP contribution in [0.2, 0.25) is 0 Å². The van der Waals surface area contributed by atoms with Crippen molar-refractivity contribution >= 4 is 29.1 Å². The SMILES string of the molecule is CC(=O)c1cc2c(cc1NC(=O)CSc1nnc(-c3ccncc3)o1)OCO2. The highest BCUT2D eigenvalue weighted by molar-refractivity contribution is 7.99. The molecular weight excluding hydrogens is 384 g/mol. The number of carbonyl (C=O) groups excluding carboxylic acids is 2. The zero-order valence-corrected chi connectivity index (χ0v) is 15.5. The molecule has 0 fully saturated rings. The first-order valence-corrected chi connectivity index (χ1v) is 9.20. The number of hydrogen-bond donors (Lipinski definition) is 1. The van der Waals surface area contributed by atoms with E-state index in [0.29, 0.717) is 28.6 Å². The average Bonchev–Trinajstić information content (AvgIpc) is 3.35. The van der Waals surface area contributed by atoms with Crippen molar-refractivity contribution in [1.82, 2.24) is 15.2 Å². The Morgan fingerprint density at radius 3 is 2.64 bits per heavy atom. The second-order valence-corrected chi connectivity index (χ2v) is 6.68. The molecular formula is C18H14N4O5S. The number of thioether (sulfide) groups is 1. The molecule has 0 unspecified atom stereocenters. The summed E-state index contributed by atoms with van der Waals surface area (Å²) in [7, 11) is 0. The van der Waals surface area contributed by atoms with Gasteiger partial charge in [-0.3, -0.25) is 14.6 Å². The first-order chi connectivity index (χ1) is 13.6. The molecule has 0 radical (unpaired) electrons. The third-order valence-electron chi connectivity index (χ3n) is 3.83. The van der Waals surface area contributed by atoms with Gasteiger partial charge >= 0.3 is 0 Å². The third-order valence-corrected chi connectivity index (χ3v) is 4.65. The van der Waals surface area contributed by atoms with Crippen LogP contribution in [0.3, 0.4) is 0 Å². The van der Waals surface area contributed by atoms with Crippen LogP contribution >= 0.6 is 11.8 Å². The Labute approximate surface area is 163 Å². The number of nitrogens with one attached hydrogen (secondary N) is 1. The Morgan fingerprint density at radius 1 is 1.14 bits per heavy atom. The second kappa shape index (κ2) is 7.69. The molecule has 1 aliphatic heterocycles. The zero-order chi connectivity index (χ0) is 19.5. The molecule has 4 rings (SSSR count). The lowest BCUT2D eigenvalue weighted by molar-refractivity contribution is -0.113. The summed E-state index contributed by atoms with van der Waals surface area (Å²) in [6.45, 7) is 1.50. The van der Waals surface area contributed by atoms with Crippen molar-refractivity contribution in [2.24, 2.45) is 0 Å². The summed E-state index contributed by atoms with van der Waals surface area (Å²) in [5.41, 5.74) is 1.45. The molecule has 0 saturated carbocycles. The number of amides is 1. The van der Waals surface area contributed by atoms with Gasteiger partial charge in [-0.2, -0.15) is 0 Å². The Morgan fingerprint density at radius 2 is 1.89 bits per heavy atom. The first kappa shape index (κ1) is 18.0. The van der Waals surface area contributed by atoms with E-state index in [1.165, 1.54) is 6.92 Å². The van der Waals surface area contributed by atoms with Crippen LogP contribution < -0.4 is 14.8 Å². The van der Waals surface area contributed by atoms with Crippen LogP contribution in [0, 0.1) is 0 Å². The van der Waals surface area contributed by atoms with E-state index >= 15 is 0 Å². The summed E-state index contributed by atoms with van der Waals surface area (Å²) in [4.78, 5) is 28.1. The van der Waals surface area contributed by atoms with E-state index in [0.717, 1.165) is 17.3 Å². The van der Waals surface area contributed by atoms with Crippen molar-refractivity contribution in [2.45, 2.75) is 12.1 Å². The third kappa shape index (κ3) is 3.81. The fraction of sp³-hybridized carbons (Fsp3) is 0.167. The number of ketones is 1. The largest absolute Gasteiger partial charge is 0.454 e. The van der Waals surface area contributed by atoms with E-state index in [1.807, 2.05) is 0 Å². The molecule has 142 valence electrons. The number of anilines is 1. The molecule has 2 aromatic heterocycles. The summed E-state index contributed by atoms with van der Waals surface area (Å²) < 4.78 is 16.1. The molecule has 3 heterocycles. The van der Waals surface area contributed by atoms with Crippen LogP contribution in [0.25, 0.3) is 11.5 Å². The molecule has 0 spiro atoms. The van der Waals surface area contributed by atoms with Gasteiger partial charge in [0.1, 0.15) is 0 Å². The number of fused-ring (bicyclic) bond motifs is 1. The molecule has 0 bridgehead atoms. The fourth-order valence-corrected chi connectivity index (χ4v) is 3.09. The van der Waals surface area contributed by atoms with E-state index in [2.05, 4.69) is 20.5 Å². The highest BCUT2D eigenvalue weighted by Crippen LogP contribution is 2.37. The van der Waals surface area contributed by atoms with Gasteiger partial charge in [-0.25, -0.2) is 0 Å². The number of benzene rings is 1. The molecule has 1 aromatic carbocycles. The van der Waals surface area contributed by atoms with Gasteiger partial charge < -0.3 is 19.2 Å². The van der Waals surface area contributed by atoms with Crippen molar-refractivity contribution in [1.29, 1.82) is 0 Å². The highest BCUT2D eigenvalue weighted by Gasteiger charge is 2.20. The van der Waals surface area contributed by atoms with Gasteiger partial charge in [0.15, 0.2) is 17.3 Å². The maximum Gasteiger partial charge on any atom is 0.277 e. The van der Waals surface area contributed by atoms with Crippen LogP contribution in [0.15, 0.2) is 46.3 Å². The number of carbonyl (C=O) groups is 2. The molecule has 28 heavy (non-hydrogen) atoms. The van der Waals surface area contributed by atoms with E-state index < -0.39 is 0 Å². The Bertz CT molecular complexity index is 1040. The van der Waals surface area contributed by atoms with Gasteiger partial charge in [-0.15, -0.1) is 10.2 Å². The normalized spacial score (nSPS) is 12.0. The summed E-state index contributed by atoms with van der Waals surface area (Å²) in [6, 6.07) is 6.64. The summed E-state index contributed by atoms with van der Waals surface area (Å²) >= 11 is 1.09. The minimum Gasteiger partial charge on any atom is -0.454 e. The maximum absolute atomic E-state index is 12.3. The number of aromatic nitrogens is 3. The Kier molecular flexibility index (Phi) is 4.94. The van der Waals surface area contributed by atoms with Crippen molar-refractivity contribution in [3.05, 3.63) is 42.2 Å². The predicted octanol–water partition coefficient (Wildman–Crippen LogP) is 2.79. The monoisotopic (exact) mass is 398 g/mol. The summed E-state index contributed by atoms with van der Waals surface area (Å²) in [6.07, 6.45) is 3.25. The summed E-state index contributed by atoms with van der Waals surface area (Å²) in [5, 5.41) is 10.9. The standard InChI is InChI=1S/C18H14N4O5S/c1-10(23)12-6-14-15(26-9-25-14)7-13(12)20-16(24)8-28-18-22-21-17(27-18)11-2-4-19-5-3-11/h2-7H,8-9H2,1H3,(H,20,24). The number of Topliss-reactive ketones (excluding diaryl/α,β-unsaturated/α-hetero) is 1. The average molecular weight is 398 g/mol. The minimum absolute atomic E-state index is 0.0315. The number of rotatable bonds is 6. The molecule has 3 aromatic rings. The van der Waals surface area contributed by atoms with Crippen molar-refractivity contribution in [2.75, 3.05) is 17.9 Å². The Balaban J connectivity index is 1.42. The smallest absolute Gasteiger partial charge is 0.277 e. The minimum atomic E-state index is -0.324. The number of hydrogen-bond acceptors (Lipinski definition) is 9. The van der Waals surface area contributed by atoms with Gasteiger partial charge in [0.2, 0.25) is 18.6 Å². The molecule has 1 N–H and O–H groups in total. The summed E-state index contributed by atoms with van der Waals surface area (Å²) in [5.74, 6) is 0.818. The lowest BCUT2D eigenvalue weighted by Crippen LogP contribution is -2.16.